The van der Waals surface area contributed by atoms with E-state index in [1.165, 1.54) is 6.92 Å². The van der Waals surface area contributed by atoms with Gasteiger partial charge in [-0.05, 0) is 66.6 Å². The van der Waals surface area contributed by atoms with Crippen LogP contribution in [0, 0.1) is 13.8 Å². The SMILES string of the molecule is CC(=O)Oc1c(C(C)C)cc(C(=O)Nc2cnc3c(C)cc(C)cc3c2-c2ccccc2Cl)cc1C(C)C. The number of carbonyl (C=O) groups is 2. The molecule has 0 aliphatic rings. The first-order valence-corrected chi connectivity index (χ1v) is 13.2. The summed E-state index contributed by atoms with van der Waals surface area (Å²) < 4.78 is 5.62. The number of carbonyl (C=O) groups excluding carboxylic acids is 2. The fraction of sp³-hybridized carbons (Fsp3) is 0.281. The Labute approximate surface area is 229 Å². The second-order valence-electron chi connectivity index (χ2n) is 10.3. The molecule has 0 unspecified atom stereocenters. The number of ether oxygens (including phenoxy) is 1. The first kappa shape index (κ1) is 27.3. The Bertz CT molecular complexity index is 1530. The number of anilines is 1. The summed E-state index contributed by atoms with van der Waals surface area (Å²) in [5, 5.41) is 4.62. The van der Waals surface area contributed by atoms with E-state index in [2.05, 4.69) is 17.4 Å². The highest BCUT2D eigenvalue weighted by atomic mass is 35.5. The van der Waals surface area contributed by atoms with Crippen LogP contribution in [0.15, 0.2) is 54.7 Å². The standard InChI is InChI=1S/C32H33ClN2O3/c1-17(2)24-14-22(15-25(18(3)4)31(24)38-21(7)36)32(37)35-28-16-34-30-20(6)12-19(5)13-26(30)29(28)23-10-8-9-11-27(23)33/h8-18H,1-7H3,(H,35,37). The first-order chi connectivity index (χ1) is 18.0. The highest BCUT2D eigenvalue weighted by Gasteiger charge is 2.23. The topological polar surface area (TPSA) is 68.3 Å². The lowest BCUT2D eigenvalue weighted by atomic mass is 9.91. The Morgan fingerprint density at radius 3 is 2.16 bits per heavy atom. The number of pyridine rings is 1. The van der Waals surface area contributed by atoms with Gasteiger partial charge in [-0.2, -0.15) is 0 Å². The second kappa shape index (κ2) is 11.0. The average Bonchev–Trinajstić information content (AvgIpc) is 2.83. The highest BCUT2D eigenvalue weighted by Crippen LogP contribution is 2.40. The van der Waals surface area contributed by atoms with Gasteiger partial charge in [-0.15, -0.1) is 0 Å². The molecule has 1 amide bonds. The minimum atomic E-state index is -0.386. The van der Waals surface area contributed by atoms with Gasteiger partial charge in [0.1, 0.15) is 5.75 Å². The Morgan fingerprint density at radius 1 is 0.947 bits per heavy atom. The lowest BCUT2D eigenvalue weighted by Crippen LogP contribution is -2.16. The summed E-state index contributed by atoms with van der Waals surface area (Å²) in [5.74, 6) is -0.0394. The molecule has 6 heteroatoms. The van der Waals surface area contributed by atoms with Crippen LogP contribution in [-0.4, -0.2) is 16.9 Å². The molecular formula is C32H33ClN2O3. The molecule has 0 atom stereocenters. The van der Waals surface area contributed by atoms with Crippen molar-refractivity contribution in [3.8, 4) is 16.9 Å². The largest absolute Gasteiger partial charge is 0.426 e. The molecule has 4 aromatic rings. The minimum absolute atomic E-state index is 0.0431. The maximum absolute atomic E-state index is 13.8. The number of halogens is 1. The zero-order valence-corrected chi connectivity index (χ0v) is 23.7. The molecular weight excluding hydrogens is 496 g/mol. The van der Waals surface area contributed by atoms with E-state index >= 15 is 0 Å². The van der Waals surface area contributed by atoms with Gasteiger partial charge in [0.05, 0.1) is 17.4 Å². The third-order valence-electron chi connectivity index (χ3n) is 6.60. The third kappa shape index (κ3) is 5.44. The van der Waals surface area contributed by atoms with E-state index in [-0.39, 0.29) is 23.7 Å². The minimum Gasteiger partial charge on any atom is -0.426 e. The molecule has 0 saturated heterocycles. The number of hydrogen-bond donors (Lipinski definition) is 1. The molecule has 0 bridgehead atoms. The quantitative estimate of drug-likeness (QED) is 0.201. The van der Waals surface area contributed by atoms with E-state index in [0.717, 1.165) is 44.3 Å². The summed E-state index contributed by atoms with van der Waals surface area (Å²) in [6.07, 6.45) is 1.70. The van der Waals surface area contributed by atoms with Crippen molar-refractivity contribution < 1.29 is 14.3 Å². The normalized spacial score (nSPS) is 11.3. The maximum Gasteiger partial charge on any atom is 0.308 e. The molecule has 0 fully saturated rings. The maximum atomic E-state index is 13.8. The van der Waals surface area contributed by atoms with Crippen LogP contribution in [-0.2, 0) is 4.79 Å². The molecule has 0 spiro atoms. The Hall–Kier alpha value is -3.70. The van der Waals surface area contributed by atoms with Gasteiger partial charge in [-0.1, -0.05) is 69.1 Å². The molecule has 196 valence electrons. The Balaban J connectivity index is 1.89. The van der Waals surface area contributed by atoms with Crippen molar-refractivity contribution in [2.75, 3.05) is 5.32 Å². The zero-order chi connectivity index (χ0) is 27.7. The molecule has 0 radical (unpaired) electrons. The molecule has 0 aliphatic heterocycles. The number of amides is 1. The summed E-state index contributed by atoms with van der Waals surface area (Å²) in [4.78, 5) is 30.3. The van der Waals surface area contributed by atoms with Crippen molar-refractivity contribution in [2.45, 2.75) is 60.3 Å². The van der Waals surface area contributed by atoms with E-state index in [1.54, 1.807) is 6.20 Å². The average molecular weight is 529 g/mol. The lowest BCUT2D eigenvalue weighted by Gasteiger charge is -2.21. The number of aryl methyl sites for hydroxylation is 2. The highest BCUT2D eigenvalue weighted by molar-refractivity contribution is 6.34. The Morgan fingerprint density at radius 2 is 1.58 bits per heavy atom. The molecule has 0 aliphatic carbocycles. The van der Waals surface area contributed by atoms with Gasteiger partial charge >= 0.3 is 5.97 Å². The molecule has 5 nitrogen and oxygen atoms in total. The van der Waals surface area contributed by atoms with Crippen molar-refractivity contribution in [3.63, 3.8) is 0 Å². The number of hydrogen-bond acceptors (Lipinski definition) is 4. The van der Waals surface area contributed by atoms with Crippen LogP contribution >= 0.6 is 11.6 Å². The fourth-order valence-electron chi connectivity index (χ4n) is 4.83. The predicted molar refractivity (Wildman–Crippen MR) is 156 cm³/mol. The molecule has 1 aromatic heterocycles. The van der Waals surface area contributed by atoms with Crippen LogP contribution in [0.25, 0.3) is 22.0 Å². The first-order valence-electron chi connectivity index (χ1n) is 12.8. The smallest absolute Gasteiger partial charge is 0.308 e. The van der Waals surface area contributed by atoms with Crippen LogP contribution in [0.2, 0.25) is 5.02 Å². The molecule has 1 heterocycles. The Kier molecular flexibility index (Phi) is 7.89. The number of nitrogens with one attached hydrogen (secondary N) is 1. The number of benzene rings is 3. The number of esters is 1. The van der Waals surface area contributed by atoms with E-state index in [4.69, 9.17) is 21.3 Å². The number of rotatable bonds is 6. The second-order valence-corrected chi connectivity index (χ2v) is 10.8. The van der Waals surface area contributed by atoms with Gasteiger partial charge in [0.2, 0.25) is 0 Å². The van der Waals surface area contributed by atoms with Crippen LogP contribution in [0.4, 0.5) is 5.69 Å². The third-order valence-corrected chi connectivity index (χ3v) is 6.93. The number of nitrogens with zero attached hydrogens (tertiary/aromatic N) is 1. The van der Waals surface area contributed by atoms with Gasteiger partial charge in [-0.3, -0.25) is 14.6 Å². The van der Waals surface area contributed by atoms with Gasteiger partial charge in [0, 0.05) is 34.0 Å². The van der Waals surface area contributed by atoms with Crippen LogP contribution in [0.1, 0.15) is 79.1 Å². The van der Waals surface area contributed by atoms with Crippen molar-refractivity contribution >= 4 is 40.1 Å². The molecule has 4 rings (SSSR count). The van der Waals surface area contributed by atoms with E-state index < -0.39 is 0 Å². The van der Waals surface area contributed by atoms with E-state index in [9.17, 15) is 9.59 Å². The summed E-state index contributed by atoms with van der Waals surface area (Å²) in [6, 6.07) is 15.4. The van der Waals surface area contributed by atoms with Gasteiger partial charge in [0.25, 0.3) is 5.91 Å². The monoisotopic (exact) mass is 528 g/mol. The number of aromatic nitrogens is 1. The predicted octanol–water partition coefficient (Wildman–Crippen LogP) is 8.60. The number of fused-ring (bicyclic) bond motifs is 1. The lowest BCUT2D eigenvalue weighted by molar-refractivity contribution is -0.132. The van der Waals surface area contributed by atoms with Crippen molar-refractivity contribution in [3.05, 3.63) is 87.6 Å². The van der Waals surface area contributed by atoms with Crippen molar-refractivity contribution in [1.29, 1.82) is 0 Å². The van der Waals surface area contributed by atoms with E-state index in [1.807, 2.05) is 77.9 Å². The molecule has 1 N–H and O–H groups in total. The summed E-state index contributed by atoms with van der Waals surface area (Å²) in [5.41, 5.74) is 7.33. The van der Waals surface area contributed by atoms with Crippen molar-refractivity contribution in [1.82, 2.24) is 4.98 Å². The van der Waals surface area contributed by atoms with Gasteiger partial charge in [-0.25, -0.2) is 0 Å². The fourth-order valence-corrected chi connectivity index (χ4v) is 5.06. The van der Waals surface area contributed by atoms with Gasteiger partial charge < -0.3 is 10.1 Å². The molecule has 3 aromatic carbocycles. The summed E-state index contributed by atoms with van der Waals surface area (Å²) in [6.45, 7) is 13.5. The molecule has 38 heavy (non-hydrogen) atoms. The summed E-state index contributed by atoms with van der Waals surface area (Å²) >= 11 is 6.66. The van der Waals surface area contributed by atoms with Crippen LogP contribution in [0.5, 0.6) is 5.75 Å². The molecule has 0 saturated carbocycles. The zero-order valence-electron chi connectivity index (χ0n) is 22.9. The summed E-state index contributed by atoms with van der Waals surface area (Å²) in [7, 11) is 0. The van der Waals surface area contributed by atoms with Crippen molar-refractivity contribution in [2.24, 2.45) is 0 Å². The van der Waals surface area contributed by atoms with Crippen LogP contribution < -0.4 is 10.1 Å². The van der Waals surface area contributed by atoms with E-state index in [0.29, 0.717) is 22.0 Å². The van der Waals surface area contributed by atoms with Crippen LogP contribution in [0.3, 0.4) is 0 Å². The van der Waals surface area contributed by atoms with Gasteiger partial charge in [0.15, 0.2) is 0 Å².